The first-order valence-electron chi connectivity index (χ1n) is 8.56. The number of hydrogen-bond donors (Lipinski definition) is 1. The maximum atomic E-state index is 12.5. The van der Waals surface area contributed by atoms with Crippen LogP contribution in [-0.4, -0.2) is 50.6 Å². The van der Waals surface area contributed by atoms with Crippen molar-refractivity contribution in [2.45, 2.75) is 58.5 Å². The zero-order valence-corrected chi connectivity index (χ0v) is 13.9. The summed E-state index contributed by atoms with van der Waals surface area (Å²) in [4.78, 5) is 26.2. The van der Waals surface area contributed by atoms with Gasteiger partial charge in [0.25, 0.3) is 0 Å². The van der Waals surface area contributed by atoms with Crippen LogP contribution < -0.4 is 5.32 Å². The van der Waals surface area contributed by atoms with E-state index in [1.807, 2.05) is 13.8 Å². The molecule has 1 aromatic heterocycles. The number of aromatic nitrogens is 3. The molecule has 126 valence electrons. The molecule has 0 radical (unpaired) electrons. The average Bonchev–Trinajstić information content (AvgIpc) is 3.18. The standard InChI is InChI=1S/C16H25N5O2/c1-11(2)15(21-10-4-6-14(21)22)16(23)17-8-7-13-19-18-12-5-3-9-20(12)13/h11,15H,3-10H2,1-2H3,(H,17,23). The minimum absolute atomic E-state index is 0.0589. The second-order valence-electron chi connectivity index (χ2n) is 6.71. The van der Waals surface area contributed by atoms with Gasteiger partial charge in [0.2, 0.25) is 11.8 Å². The largest absolute Gasteiger partial charge is 0.354 e. The van der Waals surface area contributed by atoms with E-state index in [-0.39, 0.29) is 23.8 Å². The van der Waals surface area contributed by atoms with E-state index in [9.17, 15) is 9.59 Å². The van der Waals surface area contributed by atoms with Crippen LogP contribution >= 0.6 is 0 Å². The number of aryl methyl sites for hydroxylation is 1. The molecule has 2 aliphatic heterocycles. The molecular formula is C16H25N5O2. The Hall–Kier alpha value is -1.92. The third-order valence-corrected chi connectivity index (χ3v) is 4.68. The second kappa shape index (κ2) is 6.68. The van der Waals surface area contributed by atoms with Crippen molar-refractivity contribution in [1.29, 1.82) is 0 Å². The van der Waals surface area contributed by atoms with Gasteiger partial charge in [-0.15, -0.1) is 10.2 Å². The highest BCUT2D eigenvalue weighted by Gasteiger charge is 2.34. The minimum atomic E-state index is -0.367. The quantitative estimate of drug-likeness (QED) is 0.829. The molecule has 3 rings (SSSR count). The fraction of sp³-hybridized carbons (Fsp3) is 0.750. The van der Waals surface area contributed by atoms with Crippen molar-refractivity contribution >= 4 is 11.8 Å². The molecular weight excluding hydrogens is 294 g/mol. The van der Waals surface area contributed by atoms with Crippen molar-refractivity contribution in [3.8, 4) is 0 Å². The van der Waals surface area contributed by atoms with Gasteiger partial charge in [-0.25, -0.2) is 0 Å². The van der Waals surface area contributed by atoms with Crippen LogP contribution in [0.4, 0.5) is 0 Å². The van der Waals surface area contributed by atoms with Gasteiger partial charge in [0.15, 0.2) is 0 Å². The number of nitrogens with zero attached hydrogens (tertiary/aromatic N) is 4. The van der Waals surface area contributed by atoms with Crippen LogP contribution in [-0.2, 0) is 29.0 Å². The second-order valence-corrected chi connectivity index (χ2v) is 6.71. The predicted molar refractivity (Wildman–Crippen MR) is 84.6 cm³/mol. The molecule has 2 aliphatic rings. The lowest BCUT2D eigenvalue weighted by atomic mass is 10.0. The van der Waals surface area contributed by atoms with Crippen molar-refractivity contribution in [3.63, 3.8) is 0 Å². The van der Waals surface area contributed by atoms with Gasteiger partial charge in [-0.05, 0) is 18.8 Å². The van der Waals surface area contributed by atoms with Gasteiger partial charge in [-0.3, -0.25) is 9.59 Å². The first-order chi connectivity index (χ1) is 11.1. The maximum absolute atomic E-state index is 12.5. The minimum Gasteiger partial charge on any atom is -0.354 e. The lowest BCUT2D eigenvalue weighted by molar-refractivity contribution is -0.139. The molecule has 7 nitrogen and oxygen atoms in total. The van der Waals surface area contributed by atoms with Crippen LogP contribution in [0.1, 0.15) is 44.8 Å². The fourth-order valence-corrected chi connectivity index (χ4v) is 3.57. The van der Waals surface area contributed by atoms with Crippen LogP contribution in [0, 0.1) is 5.92 Å². The summed E-state index contributed by atoms with van der Waals surface area (Å²) in [6, 6.07) is -0.367. The number of rotatable bonds is 6. The van der Waals surface area contributed by atoms with Gasteiger partial charge < -0.3 is 14.8 Å². The summed E-state index contributed by atoms with van der Waals surface area (Å²) >= 11 is 0. The van der Waals surface area contributed by atoms with Gasteiger partial charge in [-0.1, -0.05) is 13.8 Å². The molecule has 0 saturated carbocycles. The molecule has 0 spiro atoms. The SMILES string of the molecule is CC(C)C(C(=O)NCCc1nnc2n1CCC2)N1CCCC1=O. The van der Waals surface area contributed by atoms with Crippen molar-refractivity contribution < 1.29 is 9.59 Å². The van der Waals surface area contributed by atoms with Crippen molar-refractivity contribution in [3.05, 3.63) is 11.6 Å². The summed E-state index contributed by atoms with van der Waals surface area (Å²) in [5.74, 6) is 2.13. The van der Waals surface area contributed by atoms with Crippen molar-refractivity contribution in [2.75, 3.05) is 13.1 Å². The molecule has 2 amide bonds. The van der Waals surface area contributed by atoms with Gasteiger partial charge in [0, 0.05) is 38.9 Å². The monoisotopic (exact) mass is 319 g/mol. The Kier molecular flexibility index (Phi) is 4.63. The van der Waals surface area contributed by atoms with Crippen molar-refractivity contribution in [2.24, 2.45) is 5.92 Å². The fourth-order valence-electron chi connectivity index (χ4n) is 3.57. The van der Waals surface area contributed by atoms with Crippen LogP contribution in [0.25, 0.3) is 0 Å². The number of carbonyl (C=O) groups is 2. The van der Waals surface area contributed by atoms with Crippen molar-refractivity contribution in [1.82, 2.24) is 25.0 Å². The Balaban J connectivity index is 1.55. The number of nitrogens with one attached hydrogen (secondary N) is 1. The number of amides is 2. The van der Waals surface area contributed by atoms with E-state index >= 15 is 0 Å². The Bertz CT molecular complexity index is 595. The third kappa shape index (κ3) is 3.23. The smallest absolute Gasteiger partial charge is 0.243 e. The molecule has 0 aliphatic carbocycles. The van der Waals surface area contributed by atoms with Gasteiger partial charge in [0.05, 0.1) is 0 Å². The summed E-state index contributed by atoms with van der Waals surface area (Å²) in [6.07, 6.45) is 4.20. The summed E-state index contributed by atoms with van der Waals surface area (Å²) < 4.78 is 2.15. The molecule has 7 heteroatoms. The number of likely N-dealkylation sites (tertiary alicyclic amines) is 1. The van der Waals surface area contributed by atoms with Crippen LogP contribution in [0.2, 0.25) is 0 Å². The average molecular weight is 319 g/mol. The number of carbonyl (C=O) groups excluding carboxylic acids is 2. The summed E-state index contributed by atoms with van der Waals surface area (Å²) in [5.41, 5.74) is 0. The lowest BCUT2D eigenvalue weighted by Crippen LogP contribution is -2.50. The molecule has 1 atom stereocenters. The third-order valence-electron chi connectivity index (χ3n) is 4.68. The summed E-state index contributed by atoms with van der Waals surface area (Å²) in [6.45, 7) is 6.17. The van der Waals surface area contributed by atoms with E-state index in [2.05, 4.69) is 20.1 Å². The van der Waals surface area contributed by atoms with E-state index < -0.39 is 0 Å². The molecule has 0 bridgehead atoms. The Labute approximate surface area is 136 Å². The van der Waals surface area contributed by atoms with E-state index in [0.29, 0.717) is 25.9 Å². The zero-order chi connectivity index (χ0) is 16.4. The number of fused-ring (bicyclic) bond motifs is 1. The summed E-state index contributed by atoms with van der Waals surface area (Å²) in [7, 11) is 0. The van der Waals surface area contributed by atoms with Crippen LogP contribution in [0.15, 0.2) is 0 Å². The zero-order valence-electron chi connectivity index (χ0n) is 13.9. The van der Waals surface area contributed by atoms with Gasteiger partial charge in [0.1, 0.15) is 17.7 Å². The van der Waals surface area contributed by atoms with Crippen LogP contribution in [0.5, 0.6) is 0 Å². The Morgan fingerprint density at radius 3 is 2.70 bits per heavy atom. The van der Waals surface area contributed by atoms with Gasteiger partial charge in [-0.2, -0.15) is 0 Å². The molecule has 0 aromatic carbocycles. The number of hydrogen-bond acceptors (Lipinski definition) is 4. The van der Waals surface area contributed by atoms with E-state index in [1.54, 1.807) is 4.90 Å². The molecule has 1 aromatic rings. The lowest BCUT2D eigenvalue weighted by Gasteiger charge is -2.29. The predicted octanol–water partition coefficient (Wildman–Crippen LogP) is 0.530. The Morgan fingerprint density at radius 1 is 1.22 bits per heavy atom. The summed E-state index contributed by atoms with van der Waals surface area (Å²) in [5, 5.41) is 11.4. The van der Waals surface area contributed by atoms with Crippen LogP contribution in [0.3, 0.4) is 0 Å². The van der Waals surface area contributed by atoms with E-state index in [1.165, 1.54) is 0 Å². The van der Waals surface area contributed by atoms with E-state index in [0.717, 1.165) is 37.5 Å². The highest BCUT2D eigenvalue weighted by Crippen LogP contribution is 2.19. The first-order valence-corrected chi connectivity index (χ1v) is 8.56. The molecule has 1 N–H and O–H groups in total. The normalized spacial score (nSPS) is 18.6. The molecule has 1 unspecified atom stereocenters. The Morgan fingerprint density at radius 2 is 2.00 bits per heavy atom. The van der Waals surface area contributed by atoms with E-state index in [4.69, 9.17) is 0 Å². The van der Waals surface area contributed by atoms with Gasteiger partial charge >= 0.3 is 0 Å². The molecule has 1 fully saturated rings. The maximum Gasteiger partial charge on any atom is 0.243 e. The molecule has 1 saturated heterocycles. The highest BCUT2D eigenvalue weighted by molar-refractivity contribution is 5.88. The molecule has 23 heavy (non-hydrogen) atoms. The highest BCUT2D eigenvalue weighted by atomic mass is 16.2. The molecule has 3 heterocycles. The topological polar surface area (TPSA) is 80.1 Å². The first kappa shape index (κ1) is 16.0.